The molecule has 1 heterocycles. The molecular weight excluding hydrogens is 336 g/mol. The second-order valence-electron chi connectivity index (χ2n) is 5.51. The minimum absolute atomic E-state index is 0.0412. The van der Waals surface area contributed by atoms with Crippen molar-refractivity contribution in [2.45, 2.75) is 6.92 Å². The molecule has 3 rings (SSSR count). The van der Waals surface area contributed by atoms with Gasteiger partial charge in [0, 0.05) is 10.9 Å². The van der Waals surface area contributed by atoms with Crippen molar-refractivity contribution in [2.24, 2.45) is 0 Å². The summed E-state index contributed by atoms with van der Waals surface area (Å²) in [6.45, 7) is 1.78. The molecule has 0 saturated carbocycles. The van der Waals surface area contributed by atoms with Crippen molar-refractivity contribution in [2.75, 3.05) is 21.3 Å². The number of ether oxygens (including phenoxy) is 3. The largest absolute Gasteiger partial charge is 0.492 e. The molecule has 0 fully saturated rings. The van der Waals surface area contributed by atoms with E-state index in [4.69, 9.17) is 14.2 Å². The first-order chi connectivity index (χ1) is 12.5. The Labute approximate surface area is 150 Å². The number of fused-ring (bicyclic) bond motifs is 1. The third kappa shape index (κ3) is 2.77. The second-order valence-corrected chi connectivity index (χ2v) is 5.51. The van der Waals surface area contributed by atoms with Crippen LogP contribution in [0.15, 0.2) is 30.3 Å². The van der Waals surface area contributed by atoms with Gasteiger partial charge in [-0.2, -0.15) is 0 Å². The number of rotatable bonds is 5. The van der Waals surface area contributed by atoms with E-state index in [1.165, 1.54) is 27.4 Å². The van der Waals surface area contributed by atoms with Gasteiger partial charge in [-0.25, -0.2) is 14.8 Å². The molecule has 0 amide bonds. The molecule has 0 atom stereocenters. The highest BCUT2D eigenvalue weighted by atomic mass is 16.5. The molecule has 0 spiro atoms. The zero-order valence-corrected chi connectivity index (χ0v) is 14.9. The summed E-state index contributed by atoms with van der Waals surface area (Å²) in [5.41, 5.74) is 1.77. The van der Waals surface area contributed by atoms with Crippen LogP contribution in [0.5, 0.6) is 17.2 Å². The summed E-state index contributed by atoms with van der Waals surface area (Å²) in [6, 6.07) is 8.99. The fourth-order valence-electron chi connectivity index (χ4n) is 2.95. The molecule has 0 aliphatic heterocycles. The molecule has 2 aromatic carbocycles. The number of aryl methyl sites for hydroxylation is 1. The van der Waals surface area contributed by atoms with E-state index in [0.29, 0.717) is 22.8 Å². The monoisotopic (exact) mass is 354 g/mol. The van der Waals surface area contributed by atoms with Gasteiger partial charge in [0.2, 0.25) is 5.75 Å². The molecule has 3 aromatic rings. The predicted octanol–water partition coefficient (Wildman–Crippen LogP) is 3.33. The van der Waals surface area contributed by atoms with Crippen LogP contribution in [0.25, 0.3) is 22.2 Å². The van der Waals surface area contributed by atoms with Crippen LogP contribution in [0.1, 0.15) is 16.2 Å². The van der Waals surface area contributed by atoms with E-state index in [0.717, 1.165) is 10.9 Å². The smallest absolute Gasteiger partial charge is 0.339 e. The van der Waals surface area contributed by atoms with E-state index in [1.54, 1.807) is 6.92 Å². The predicted molar refractivity (Wildman–Crippen MR) is 96.3 cm³/mol. The first kappa shape index (κ1) is 17.5. The van der Waals surface area contributed by atoms with Crippen LogP contribution in [0.3, 0.4) is 0 Å². The number of hydrogen-bond acceptors (Lipinski definition) is 6. The number of carboxylic acids is 1. The Kier molecular flexibility index (Phi) is 4.62. The zero-order chi connectivity index (χ0) is 18.8. The normalized spacial score (nSPS) is 10.6. The van der Waals surface area contributed by atoms with Crippen molar-refractivity contribution in [3.8, 4) is 28.5 Å². The second kappa shape index (κ2) is 6.87. The lowest BCUT2D eigenvalue weighted by Crippen LogP contribution is -2.06. The van der Waals surface area contributed by atoms with E-state index >= 15 is 0 Å². The SMILES string of the molecule is COc1c(C(=O)O)cc(-c2nc(C)nc3ccccc23)c(OC)c1OC. The fourth-order valence-corrected chi connectivity index (χ4v) is 2.95. The van der Waals surface area contributed by atoms with Gasteiger partial charge in [0.25, 0.3) is 0 Å². The highest BCUT2D eigenvalue weighted by Crippen LogP contribution is 2.47. The van der Waals surface area contributed by atoms with E-state index < -0.39 is 5.97 Å². The van der Waals surface area contributed by atoms with Gasteiger partial charge in [-0.3, -0.25) is 0 Å². The highest BCUT2D eigenvalue weighted by Gasteiger charge is 2.26. The van der Waals surface area contributed by atoms with Gasteiger partial charge in [-0.1, -0.05) is 18.2 Å². The van der Waals surface area contributed by atoms with Crippen LogP contribution >= 0.6 is 0 Å². The number of hydrogen-bond donors (Lipinski definition) is 1. The molecule has 1 aromatic heterocycles. The Morgan fingerprint density at radius 1 is 0.962 bits per heavy atom. The summed E-state index contributed by atoms with van der Waals surface area (Å²) in [5, 5.41) is 10.4. The van der Waals surface area contributed by atoms with Gasteiger partial charge in [0.1, 0.15) is 11.4 Å². The molecule has 0 saturated heterocycles. The Bertz CT molecular complexity index is 1000. The average Bonchev–Trinajstić information content (AvgIpc) is 2.65. The lowest BCUT2D eigenvalue weighted by atomic mass is 10.0. The first-order valence-electron chi connectivity index (χ1n) is 7.81. The molecule has 1 N–H and O–H groups in total. The van der Waals surface area contributed by atoms with Crippen molar-refractivity contribution < 1.29 is 24.1 Å². The number of methoxy groups -OCH3 is 3. The highest BCUT2D eigenvalue weighted by molar-refractivity contribution is 6.00. The maximum Gasteiger partial charge on any atom is 0.339 e. The first-order valence-corrected chi connectivity index (χ1v) is 7.81. The van der Waals surface area contributed by atoms with Crippen molar-refractivity contribution in [1.29, 1.82) is 0 Å². The number of aromatic carboxylic acids is 1. The fraction of sp³-hybridized carbons (Fsp3) is 0.211. The Morgan fingerprint density at radius 3 is 2.23 bits per heavy atom. The molecular formula is C19H18N2O5. The van der Waals surface area contributed by atoms with E-state index in [-0.39, 0.29) is 17.1 Å². The van der Waals surface area contributed by atoms with Gasteiger partial charge in [-0.05, 0) is 19.1 Å². The van der Waals surface area contributed by atoms with Crippen molar-refractivity contribution >= 4 is 16.9 Å². The third-order valence-corrected chi connectivity index (χ3v) is 4.00. The molecule has 7 nitrogen and oxygen atoms in total. The maximum absolute atomic E-state index is 11.8. The van der Waals surface area contributed by atoms with Gasteiger partial charge < -0.3 is 19.3 Å². The van der Waals surface area contributed by atoms with Crippen molar-refractivity contribution in [3.05, 3.63) is 41.7 Å². The lowest BCUT2D eigenvalue weighted by molar-refractivity contribution is 0.0692. The van der Waals surface area contributed by atoms with Gasteiger partial charge in [0.15, 0.2) is 11.5 Å². The van der Waals surface area contributed by atoms with Crippen molar-refractivity contribution in [3.63, 3.8) is 0 Å². The number of carbonyl (C=O) groups is 1. The Balaban J connectivity index is 2.46. The third-order valence-electron chi connectivity index (χ3n) is 4.00. The Hall–Kier alpha value is -3.35. The standard InChI is InChI=1S/C19H18N2O5/c1-10-20-14-8-6-5-7-11(14)15(21-10)12-9-13(19(22)23)17(25-3)18(26-4)16(12)24-2/h5-9H,1-4H3,(H,22,23). The summed E-state index contributed by atoms with van der Waals surface area (Å²) in [4.78, 5) is 20.7. The van der Waals surface area contributed by atoms with Crippen LogP contribution < -0.4 is 14.2 Å². The summed E-state index contributed by atoms with van der Waals surface area (Å²) in [5.74, 6) is 0.0603. The summed E-state index contributed by atoms with van der Waals surface area (Å²) in [6.07, 6.45) is 0. The lowest BCUT2D eigenvalue weighted by Gasteiger charge is -2.18. The number of carboxylic acid groups (broad SMARTS) is 1. The van der Waals surface area contributed by atoms with E-state index in [2.05, 4.69) is 9.97 Å². The van der Waals surface area contributed by atoms with Crippen LogP contribution in [-0.2, 0) is 0 Å². The van der Waals surface area contributed by atoms with E-state index in [9.17, 15) is 9.90 Å². The summed E-state index contributed by atoms with van der Waals surface area (Å²) >= 11 is 0. The van der Waals surface area contributed by atoms with Gasteiger partial charge in [0.05, 0.1) is 32.5 Å². The minimum atomic E-state index is -1.14. The van der Waals surface area contributed by atoms with Crippen molar-refractivity contribution in [1.82, 2.24) is 9.97 Å². The summed E-state index contributed by atoms with van der Waals surface area (Å²) < 4.78 is 16.2. The molecule has 26 heavy (non-hydrogen) atoms. The summed E-state index contributed by atoms with van der Waals surface area (Å²) in [7, 11) is 4.30. The maximum atomic E-state index is 11.8. The quantitative estimate of drug-likeness (QED) is 0.751. The number of aromatic nitrogens is 2. The average molecular weight is 354 g/mol. The number of benzene rings is 2. The molecule has 0 aliphatic rings. The number of nitrogens with zero attached hydrogens (tertiary/aromatic N) is 2. The zero-order valence-electron chi connectivity index (χ0n) is 14.9. The van der Waals surface area contributed by atoms with Gasteiger partial charge >= 0.3 is 5.97 Å². The molecule has 134 valence electrons. The van der Waals surface area contributed by atoms with Crippen LogP contribution in [-0.4, -0.2) is 42.4 Å². The molecule has 0 radical (unpaired) electrons. The molecule has 0 unspecified atom stereocenters. The van der Waals surface area contributed by atoms with Crippen LogP contribution in [0.4, 0.5) is 0 Å². The topological polar surface area (TPSA) is 90.8 Å². The van der Waals surface area contributed by atoms with E-state index in [1.807, 2.05) is 24.3 Å². The van der Waals surface area contributed by atoms with Crippen LogP contribution in [0.2, 0.25) is 0 Å². The van der Waals surface area contributed by atoms with Gasteiger partial charge in [-0.15, -0.1) is 0 Å². The number of para-hydroxylation sites is 1. The molecule has 0 bridgehead atoms. The molecule has 7 heteroatoms. The van der Waals surface area contributed by atoms with Crippen LogP contribution in [0, 0.1) is 6.92 Å². The molecule has 0 aliphatic carbocycles. The Morgan fingerprint density at radius 2 is 1.62 bits per heavy atom. The minimum Gasteiger partial charge on any atom is -0.492 e.